The molecule has 3 aromatic rings. The van der Waals surface area contributed by atoms with Crippen LogP contribution in [0.2, 0.25) is 5.02 Å². The number of halogens is 1. The van der Waals surface area contributed by atoms with Crippen LogP contribution >= 0.6 is 11.6 Å². The third-order valence-electron chi connectivity index (χ3n) is 4.70. The maximum Gasteiger partial charge on any atom is 0.151 e. The summed E-state index contributed by atoms with van der Waals surface area (Å²) in [7, 11) is -2.86. The van der Waals surface area contributed by atoms with Gasteiger partial charge in [0.25, 0.3) is 0 Å². The van der Waals surface area contributed by atoms with Gasteiger partial charge in [0.15, 0.2) is 9.84 Å². The largest absolute Gasteiger partial charge is 0.329 e. The average molecular weight is 406 g/mol. The summed E-state index contributed by atoms with van der Waals surface area (Å²) in [5.74, 6) is 0.516. The van der Waals surface area contributed by atoms with E-state index in [1.165, 1.54) is 0 Å². The van der Waals surface area contributed by atoms with Crippen molar-refractivity contribution in [2.75, 3.05) is 18.1 Å². The van der Waals surface area contributed by atoms with E-state index in [0.29, 0.717) is 24.5 Å². The second-order valence-electron chi connectivity index (χ2n) is 6.68. The lowest BCUT2D eigenvalue weighted by molar-refractivity contribution is 0.521. The number of nitrogens with zero attached hydrogens (tertiary/aromatic N) is 4. The van der Waals surface area contributed by atoms with Gasteiger partial charge in [-0.05, 0) is 30.7 Å². The molecular formula is C18H20ClN5O2S. The first-order chi connectivity index (χ1) is 13.0. The molecule has 2 aromatic heterocycles. The minimum Gasteiger partial charge on any atom is -0.329 e. The van der Waals surface area contributed by atoms with Crippen molar-refractivity contribution < 1.29 is 8.42 Å². The molecule has 1 aliphatic heterocycles. The van der Waals surface area contributed by atoms with Crippen LogP contribution in [0, 0.1) is 0 Å². The highest BCUT2D eigenvalue weighted by Crippen LogP contribution is 2.21. The quantitative estimate of drug-likeness (QED) is 0.679. The predicted molar refractivity (Wildman–Crippen MR) is 105 cm³/mol. The molecule has 0 bridgehead atoms. The van der Waals surface area contributed by atoms with Crippen LogP contribution in [0.4, 0.5) is 0 Å². The van der Waals surface area contributed by atoms with Gasteiger partial charge in [0, 0.05) is 35.9 Å². The lowest BCUT2D eigenvalue weighted by atomic mass is 10.2. The number of nitrogens with one attached hydrogen (secondary N) is 1. The molecule has 27 heavy (non-hydrogen) atoms. The summed E-state index contributed by atoms with van der Waals surface area (Å²) < 4.78 is 26.9. The first kappa shape index (κ1) is 18.2. The fraction of sp³-hybridized carbons (Fsp3) is 0.333. The second-order valence-corrected chi connectivity index (χ2v) is 9.34. The van der Waals surface area contributed by atoms with Gasteiger partial charge in [-0.15, -0.1) is 0 Å². The van der Waals surface area contributed by atoms with Crippen LogP contribution in [-0.2, 0) is 16.4 Å². The SMILES string of the molecule is O=S1(=O)CCC(NCCn2cncc2-c2cnn(-c3ccc(Cl)cc3)c2)C1. The van der Waals surface area contributed by atoms with Gasteiger partial charge in [-0.1, -0.05) is 11.6 Å². The Morgan fingerprint density at radius 1 is 1.22 bits per heavy atom. The van der Waals surface area contributed by atoms with Crippen LogP contribution in [0.1, 0.15) is 6.42 Å². The van der Waals surface area contributed by atoms with E-state index in [4.69, 9.17) is 11.6 Å². The highest BCUT2D eigenvalue weighted by molar-refractivity contribution is 7.91. The van der Waals surface area contributed by atoms with Gasteiger partial charge in [-0.2, -0.15) is 5.10 Å². The molecule has 1 fully saturated rings. The Balaban J connectivity index is 1.42. The Hall–Kier alpha value is -2.16. The third kappa shape index (κ3) is 4.23. The molecule has 0 amide bonds. The van der Waals surface area contributed by atoms with Crippen molar-refractivity contribution in [2.24, 2.45) is 0 Å². The summed E-state index contributed by atoms with van der Waals surface area (Å²) in [4.78, 5) is 4.25. The van der Waals surface area contributed by atoms with E-state index in [1.807, 2.05) is 41.2 Å². The van der Waals surface area contributed by atoms with Crippen LogP contribution in [-0.4, -0.2) is 51.8 Å². The number of aromatic nitrogens is 4. The van der Waals surface area contributed by atoms with Crippen molar-refractivity contribution >= 4 is 21.4 Å². The Morgan fingerprint density at radius 2 is 2.04 bits per heavy atom. The minimum absolute atomic E-state index is 0.0506. The van der Waals surface area contributed by atoms with Gasteiger partial charge in [0.05, 0.1) is 41.6 Å². The van der Waals surface area contributed by atoms with Crippen molar-refractivity contribution in [3.8, 4) is 16.9 Å². The standard InChI is InChI=1S/C18H20ClN5O2S/c19-15-1-3-17(4-2-15)24-11-14(9-22-24)18-10-20-13-23(18)7-6-21-16-5-8-27(25,26)12-16/h1-4,9-11,13,16,21H,5-8,12H2. The van der Waals surface area contributed by atoms with Gasteiger partial charge in [-0.3, -0.25) is 0 Å². The summed E-state index contributed by atoms with van der Waals surface area (Å²) in [6.45, 7) is 1.40. The lowest BCUT2D eigenvalue weighted by Crippen LogP contribution is -2.32. The molecule has 7 nitrogen and oxygen atoms in total. The molecule has 9 heteroatoms. The number of imidazole rings is 1. The van der Waals surface area contributed by atoms with Gasteiger partial charge in [-0.25, -0.2) is 18.1 Å². The molecule has 0 aliphatic carbocycles. The number of hydrogen-bond acceptors (Lipinski definition) is 5. The zero-order valence-electron chi connectivity index (χ0n) is 14.6. The third-order valence-corrected chi connectivity index (χ3v) is 6.72. The molecule has 3 heterocycles. The molecule has 0 saturated carbocycles. The number of benzene rings is 1. The van der Waals surface area contributed by atoms with Crippen molar-refractivity contribution in [2.45, 2.75) is 19.0 Å². The Morgan fingerprint density at radius 3 is 2.78 bits per heavy atom. The molecule has 0 radical (unpaired) electrons. The molecule has 1 aromatic carbocycles. The molecule has 4 rings (SSSR count). The van der Waals surface area contributed by atoms with E-state index >= 15 is 0 Å². The molecule has 1 atom stereocenters. The van der Waals surface area contributed by atoms with E-state index in [9.17, 15) is 8.42 Å². The number of hydrogen-bond donors (Lipinski definition) is 1. The van der Waals surface area contributed by atoms with Gasteiger partial charge >= 0.3 is 0 Å². The van der Waals surface area contributed by atoms with Crippen LogP contribution in [0.15, 0.2) is 49.2 Å². The maximum absolute atomic E-state index is 11.5. The zero-order valence-corrected chi connectivity index (χ0v) is 16.2. The first-order valence-electron chi connectivity index (χ1n) is 8.75. The predicted octanol–water partition coefficient (Wildman–Crippen LogP) is 2.17. The summed E-state index contributed by atoms with van der Waals surface area (Å²) in [6, 6.07) is 7.54. The van der Waals surface area contributed by atoms with Crippen molar-refractivity contribution in [3.63, 3.8) is 0 Å². The molecule has 1 aliphatic rings. The molecule has 1 saturated heterocycles. The van der Waals surface area contributed by atoms with E-state index in [-0.39, 0.29) is 17.5 Å². The van der Waals surface area contributed by atoms with Crippen LogP contribution < -0.4 is 5.32 Å². The van der Waals surface area contributed by atoms with E-state index in [0.717, 1.165) is 16.9 Å². The minimum atomic E-state index is -2.86. The molecule has 0 spiro atoms. The van der Waals surface area contributed by atoms with Crippen molar-refractivity contribution in [3.05, 3.63) is 54.2 Å². The summed E-state index contributed by atoms with van der Waals surface area (Å²) >= 11 is 5.94. The molecule has 142 valence electrons. The summed E-state index contributed by atoms with van der Waals surface area (Å²) in [6.07, 6.45) is 8.03. The van der Waals surface area contributed by atoms with E-state index in [1.54, 1.807) is 17.2 Å². The fourth-order valence-electron chi connectivity index (χ4n) is 3.27. The average Bonchev–Trinajstić information content (AvgIpc) is 3.35. The Bertz CT molecular complexity index is 1030. The highest BCUT2D eigenvalue weighted by atomic mass is 35.5. The highest BCUT2D eigenvalue weighted by Gasteiger charge is 2.27. The Kier molecular flexibility index (Phi) is 5.03. The first-order valence-corrected chi connectivity index (χ1v) is 10.9. The topological polar surface area (TPSA) is 81.8 Å². The van der Waals surface area contributed by atoms with Gasteiger partial charge in [0.2, 0.25) is 0 Å². The van der Waals surface area contributed by atoms with E-state index < -0.39 is 9.84 Å². The molecule has 1 unspecified atom stereocenters. The van der Waals surface area contributed by atoms with Crippen molar-refractivity contribution in [1.29, 1.82) is 0 Å². The monoisotopic (exact) mass is 405 g/mol. The van der Waals surface area contributed by atoms with Crippen LogP contribution in [0.5, 0.6) is 0 Å². The fourth-order valence-corrected chi connectivity index (χ4v) is 5.11. The smallest absolute Gasteiger partial charge is 0.151 e. The Labute approximate surface area is 162 Å². The summed E-state index contributed by atoms with van der Waals surface area (Å²) in [5.41, 5.74) is 2.86. The lowest BCUT2D eigenvalue weighted by Gasteiger charge is -2.12. The molecule has 1 N–H and O–H groups in total. The van der Waals surface area contributed by atoms with Gasteiger partial charge < -0.3 is 9.88 Å². The number of rotatable bonds is 6. The van der Waals surface area contributed by atoms with Crippen LogP contribution in [0.3, 0.4) is 0 Å². The normalized spacial score (nSPS) is 18.8. The second kappa shape index (κ2) is 7.46. The van der Waals surface area contributed by atoms with Gasteiger partial charge in [0.1, 0.15) is 0 Å². The van der Waals surface area contributed by atoms with Crippen molar-refractivity contribution in [1.82, 2.24) is 24.6 Å². The maximum atomic E-state index is 11.5. The van der Waals surface area contributed by atoms with Crippen LogP contribution in [0.25, 0.3) is 16.9 Å². The molecular weight excluding hydrogens is 386 g/mol. The summed E-state index contributed by atoms with van der Waals surface area (Å²) in [5, 5.41) is 8.44. The van der Waals surface area contributed by atoms with E-state index in [2.05, 4.69) is 15.4 Å². The zero-order chi connectivity index (χ0) is 18.9. The number of sulfone groups is 1.